The van der Waals surface area contributed by atoms with Crippen molar-refractivity contribution in [3.05, 3.63) is 70.2 Å². The minimum atomic E-state index is -0.845. The molecule has 0 spiro atoms. The minimum Gasteiger partial charge on any atom is -0.294 e. The Labute approximate surface area is 141 Å². The van der Waals surface area contributed by atoms with Crippen LogP contribution < -0.4 is 0 Å². The van der Waals surface area contributed by atoms with Crippen LogP contribution in [0, 0.1) is 0 Å². The second-order valence-corrected chi connectivity index (χ2v) is 5.83. The van der Waals surface area contributed by atoms with E-state index in [0.29, 0.717) is 11.1 Å². The number of Topliss-reactive ketones (excluding diaryl/α,β-unsaturated/α-hetero) is 4. The Morgan fingerprint density at radius 1 is 0.652 bits per heavy atom. The SMILES string of the molecule is O=C(CC(=O)c1ccccc1)C(=O)CC(=O)c1ccc(Br)cc1. The summed E-state index contributed by atoms with van der Waals surface area (Å²) in [6.45, 7) is 0. The molecule has 5 heteroatoms. The fraction of sp³-hybridized carbons (Fsp3) is 0.111. The fourth-order valence-corrected chi connectivity index (χ4v) is 2.22. The van der Waals surface area contributed by atoms with Gasteiger partial charge in [0.05, 0.1) is 12.8 Å². The van der Waals surface area contributed by atoms with Crippen molar-refractivity contribution >= 4 is 39.1 Å². The van der Waals surface area contributed by atoms with Crippen molar-refractivity contribution in [1.29, 1.82) is 0 Å². The van der Waals surface area contributed by atoms with Crippen LogP contribution in [0.1, 0.15) is 33.6 Å². The lowest BCUT2D eigenvalue weighted by molar-refractivity contribution is -0.135. The summed E-state index contributed by atoms with van der Waals surface area (Å²) in [7, 11) is 0. The first-order chi connectivity index (χ1) is 11.0. The number of carbonyl (C=O) groups excluding carboxylic acids is 4. The number of rotatable bonds is 7. The van der Waals surface area contributed by atoms with Gasteiger partial charge in [0, 0.05) is 15.6 Å². The second kappa shape index (κ2) is 7.74. The summed E-state index contributed by atoms with van der Waals surface area (Å²) < 4.78 is 0.810. The molecule has 0 radical (unpaired) electrons. The van der Waals surface area contributed by atoms with Crippen LogP contribution in [0.4, 0.5) is 0 Å². The Hall–Kier alpha value is -2.40. The van der Waals surface area contributed by atoms with E-state index in [-0.39, 0.29) is 0 Å². The molecule has 116 valence electrons. The van der Waals surface area contributed by atoms with Crippen LogP contribution >= 0.6 is 15.9 Å². The van der Waals surface area contributed by atoms with E-state index in [1.807, 2.05) is 0 Å². The van der Waals surface area contributed by atoms with Gasteiger partial charge in [0.2, 0.25) is 11.6 Å². The third-order valence-corrected chi connectivity index (χ3v) is 3.74. The molecular weight excluding hydrogens is 360 g/mol. The lowest BCUT2D eigenvalue weighted by Crippen LogP contribution is -2.21. The van der Waals surface area contributed by atoms with E-state index in [2.05, 4.69) is 15.9 Å². The average molecular weight is 373 g/mol. The number of halogens is 1. The zero-order valence-corrected chi connectivity index (χ0v) is 13.7. The van der Waals surface area contributed by atoms with Crippen molar-refractivity contribution in [2.45, 2.75) is 12.8 Å². The Balaban J connectivity index is 1.95. The highest BCUT2D eigenvalue weighted by Gasteiger charge is 2.21. The van der Waals surface area contributed by atoms with Gasteiger partial charge in [-0.2, -0.15) is 0 Å². The van der Waals surface area contributed by atoms with Gasteiger partial charge in [-0.25, -0.2) is 0 Å². The van der Waals surface area contributed by atoms with E-state index in [4.69, 9.17) is 0 Å². The van der Waals surface area contributed by atoms with Crippen LogP contribution in [0.2, 0.25) is 0 Å². The highest BCUT2D eigenvalue weighted by Crippen LogP contribution is 2.12. The molecule has 0 unspecified atom stereocenters. The number of hydrogen-bond acceptors (Lipinski definition) is 4. The Morgan fingerprint density at radius 3 is 1.57 bits per heavy atom. The second-order valence-electron chi connectivity index (χ2n) is 4.92. The summed E-state index contributed by atoms with van der Waals surface area (Å²) in [5.74, 6) is -2.56. The highest BCUT2D eigenvalue weighted by molar-refractivity contribution is 9.10. The van der Waals surface area contributed by atoms with Gasteiger partial charge in [0.25, 0.3) is 0 Å². The van der Waals surface area contributed by atoms with E-state index >= 15 is 0 Å². The quantitative estimate of drug-likeness (QED) is 0.424. The third kappa shape index (κ3) is 4.79. The van der Waals surface area contributed by atoms with E-state index in [0.717, 1.165) is 4.47 Å². The largest absolute Gasteiger partial charge is 0.294 e. The number of hydrogen-bond donors (Lipinski definition) is 0. The third-order valence-electron chi connectivity index (χ3n) is 3.22. The van der Waals surface area contributed by atoms with E-state index in [9.17, 15) is 19.2 Å². The summed E-state index contributed by atoms with van der Waals surface area (Å²) in [6.07, 6.45) is -1.04. The standard InChI is InChI=1S/C18H13BrO4/c19-14-8-6-13(7-9-14)16(21)11-18(23)17(22)10-15(20)12-4-2-1-3-5-12/h1-9H,10-11H2. The maximum absolute atomic E-state index is 12.0. The lowest BCUT2D eigenvalue weighted by atomic mass is 10.00. The molecular formula is C18H13BrO4. The van der Waals surface area contributed by atoms with Gasteiger partial charge in [-0.15, -0.1) is 0 Å². The molecule has 0 fully saturated rings. The molecule has 0 saturated carbocycles. The molecule has 0 bridgehead atoms. The van der Waals surface area contributed by atoms with Crippen LogP contribution in [0.3, 0.4) is 0 Å². The van der Waals surface area contributed by atoms with Gasteiger partial charge >= 0.3 is 0 Å². The maximum atomic E-state index is 12.0. The van der Waals surface area contributed by atoms with Crippen LogP contribution in [-0.2, 0) is 9.59 Å². The van der Waals surface area contributed by atoms with E-state index in [1.54, 1.807) is 54.6 Å². The van der Waals surface area contributed by atoms with Gasteiger partial charge in [-0.3, -0.25) is 19.2 Å². The predicted molar refractivity (Wildman–Crippen MR) is 88.5 cm³/mol. The van der Waals surface area contributed by atoms with Crippen molar-refractivity contribution in [3.63, 3.8) is 0 Å². The molecule has 0 aliphatic heterocycles. The Bertz CT molecular complexity index is 748. The smallest absolute Gasteiger partial charge is 0.206 e. The number of ketones is 4. The van der Waals surface area contributed by atoms with Gasteiger partial charge in [-0.05, 0) is 12.1 Å². The summed E-state index contributed by atoms with van der Waals surface area (Å²) in [4.78, 5) is 47.5. The van der Waals surface area contributed by atoms with Gasteiger partial charge < -0.3 is 0 Å². The molecule has 2 aromatic rings. The zero-order chi connectivity index (χ0) is 16.8. The molecule has 2 aromatic carbocycles. The lowest BCUT2D eigenvalue weighted by Gasteiger charge is -2.02. The first-order valence-corrected chi connectivity index (χ1v) is 7.69. The van der Waals surface area contributed by atoms with Crippen LogP contribution in [0.15, 0.2) is 59.1 Å². The molecule has 0 aliphatic rings. The fourth-order valence-electron chi connectivity index (χ4n) is 1.95. The van der Waals surface area contributed by atoms with Gasteiger partial charge in [0.15, 0.2) is 11.6 Å². The summed E-state index contributed by atoms with van der Waals surface area (Å²) in [5.41, 5.74) is 0.719. The average Bonchev–Trinajstić information content (AvgIpc) is 2.56. The summed E-state index contributed by atoms with van der Waals surface area (Å²) in [5, 5.41) is 0. The monoisotopic (exact) mass is 372 g/mol. The molecule has 4 nitrogen and oxygen atoms in total. The molecule has 0 aliphatic carbocycles. The highest BCUT2D eigenvalue weighted by atomic mass is 79.9. The predicted octanol–water partition coefficient (Wildman–Crippen LogP) is 3.43. The molecule has 23 heavy (non-hydrogen) atoms. The topological polar surface area (TPSA) is 68.3 Å². The van der Waals surface area contributed by atoms with E-state index in [1.165, 1.54) is 0 Å². The first kappa shape index (κ1) is 17.0. The van der Waals surface area contributed by atoms with Crippen molar-refractivity contribution in [2.24, 2.45) is 0 Å². The van der Waals surface area contributed by atoms with Gasteiger partial charge in [0.1, 0.15) is 0 Å². The molecule has 0 saturated heterocycles. The van der Waals surface area contributed by atoms with Crippen molar-refractivity contribution in [1.82, 2.24) is 0 Å². The van der Waals surface area contributed by atoms with Crippen LogP contribution in [0.25, 0.3) is 0 Å². The first-order valence-electron chi connectivity index (χ1n) is 6.90. The maximum Gasteiger partial charge on any atom is 0.206 e. The minimum absolute atomic E-state index is 0.351. The summed E-state index contributed by atoms with van der Waals surface area (Å²) >= 11 is 3.25. The van der Waals surface area contributed by atoms with Crippen LogP contribution in [0.5, 0.6) is 0 Å². The van der Waals surface area contributed by atoms with Gasteiger partial charge in [-0.1, -0.05) is 58.4 Å². The molecule has 0 N–H and O–H groups in total. The molecule has 0 amide bonds. The molecule has 0 atom stereocenters. The number of benzene rings is 2. The molecule has 0 aromatic heterocycles. The van der Waals surface area contributed by atoms with Crippen LogP contribution in [-0.4, -0.2) is 23.1 Å². The van der Waals surface area contributed by atoms with E-state index < -0.39 is 36.0 Å². The van der Waals surface area contributed by atoms with Crippen molar-refractivity contribution in [3.8, 4) is 0 Å². The Kier molecular flexibility index (Phi) is 5.71. The van der Waals surface area contributed by atoms with Crippen molar-refractivity contribution in [2.75, 3.05) is 0 Å². The molecule has 0 heterocycles. The normalized spacial score (nSPS) is 10.1. The summed E-state index contributed by atoms with van der Waals surface area (Å²) in [6, 6.07) is 14.8. The Morgan fingerprint density at radius 2 is 1.09 bits per heavy atom. The molecule has 2 rings (SSSR count). The number of carbonyl (C=O) groups is 4. The zero-order valence-electron chi connectivity index (χ0n) is 12.1. The van der Waals surface area contributed by atoms with Crippen molar-refractivity contribution < 1.29 is 19.2 Å².